The zero-order valence-corrected chi connectivity index (χ0v) is 9.30. The van der Waals surface area contributed by atoms with Crippen LogP contribution in [0.4, 0.5) is 0 Å². The molecule has 3 rings (SSSR count). The minimum Gasteiger partial charge on any atom is -0.484 e. The van der Waals surface area contributed by atoms with Gasteiger partial charge in [-0.05, 0) is 31.2 Å². The molecule has 0 bridgehead atoms. The second-order valence-electron chi connectivity index (χ2n) is 3.75. The molecule has 0 aliphatic heterocycles. The van der Waals surface area contributed by atoms with Crippen molar-refractivity contribution in [2.75, 3.05) is 0 Å². The van der Waals surface area contributed by atoms with Gasteiger partial charge in [0.15, 0.2) is 12.4 Å². The van der Waals surface area contributed by atoms with Crippen molar-refractivity contribution in [3.05, 3.63) is 42.2 Å². The van der Waals surface area contributed by atoms with Gasteiger partial charge in [0.2, 0.25) is 0 Å². The highest BCUT2D eigenvalue weighted by molar-refractivity contribution is 5.80. The largest absolute Gasteiger partial charge is 0.484 e. The molecule has 2 heterocycles. The molecule has 3 aromatic rings. The van der Waals surface area contributed by atoms with E-state index >= 15 is 0 Å². The molecule has 17 heavy (non-hydrogen) atoms. The summed E-state index contributed by atoms with van der Waals surface area (Å²) in [4.78, 5) is 7.20. The zero-order valence-electron chi connectivity index (χ0n) is 9.30. The van der Waals surface area contributed by atoms with Crippen LogP contribution in [0.25, 0.3) is 10.9 Å². The summed E-state index contributed by atoms with van der Waals surface area (Å²) in [5.74, 6) is 1.88. The van der Waals surface area contributed by atoms with Crippen LogP contribution in [0, 0.1) is 6.92 Å². The molecule has 2 aromatic heterocycles. The van der Waals surface area contributed by atoms with Crippen LogP contribution in [0.3, 0.4) is 0 Å². The smallest absolute Gasteiger partial charge is 0.264 e. The predicted octanol–water partition coefficient (Wildman–Crippen LogP) is 2.44. The summed E-state index contributed by atoms with van der Waals surface area (Å²) in [5.41, 5.74) is 1.09. The van der Waals surface area contributed by atoms with Gasteiger partial charge < -0.3 is 14.2 Å². The lowest BCUT2D eigenvalue weighted by Gasteiger charge is -2.02. The van der Waals surface area contributed by atoms with Gasteiger partial charge in [-0.15, -0.1) is 0 Å². The summed E-state index contributed by atoms with van der Waals surface area (Å²) >= 11 is 0. The first-order valence-corrected chi connectivity index (χ1v) is 5.30. The number of H-pyrrole nitrogens is 1. The molecular formula is C12H11N3O2. The number of nitrogens with zero attached hydrogens (tertiary/aromatic N) is 2. The number of fused-ring (bicyclic) bond motifs is 1. The van der Waals surface area contributed by atoms with E-state index < -0.39 is 0 Å². The number of hydrogen-bond acceptors (Lipinski definition) is 4. The van der Waals surface area contributed by atoms with E-state index in [0.29, 0.717) is 11.7 Å². The fourth-order valence-corrected chi connectivity index (χ4v) is 1.66. The first-order chi connectivity index (χ1) is 8.31. The third-order valence-electron chi connectivity index (χ3n) is 2.46. The molecule has 0 radical (unpaired) electrons. The fourth-order valence-electron chi connectivity index (χ4n) is 1.66. The number of nitrogens with one attached hydrogen (secondary N) is 1. The topological polar surface area (TPSA) is 63.9 Å². The molecule has 1 N–H and O–H groups in total. The number of aryl methyl sites for hydroxylation is 1. The first kappa shape index (κ1) is 9.89. The SMILES string of the molecule is Cc1noc(COc2ccc3[nH]ccc3c2)n1. The van der Waals surface area contributed by atoms with E-state index in [2.05, 4.69) is 15.1 Å². The highest BCUT2D eigenvalue weighted by Crippen LogP contribution is 2.20. The highest BCUT2D eigenvalue weighted by atomic mass is 16.5. The van der Waals surface area contributed by atoms with E-state index in [9.17, 15) is 0 Å². The lowest BCUT2D eigenvalue weighted by molar-refractivity contribution is 0.243. The maximum Gasteiger partial charge on any atom is 0.264 e. The first-order valence-electron chi connectivity index (χ1n) is 5.30. The zero-order chi connectivity index (χ0) is 11.7. The Bertz CT molecular complexity index is 642. The van der Waals surface area contributed by atoms with E-state index in [1.165, 1.54) is 0 Å². The summed E-state index contributed by atoms with van der Waals surface area (Å²) in [5, 5.41) is 4.81. The van der Waals surface area contributed by atoms with Crippen LogP contribution in [0.5, 0.6) is 5.75 Å². The Morgan fingerprint density at radius 3 is 3.12 bits per heavy atom. The molecule has 5 nitrogen and oxygen atoms in total. The van der Waals surface area contributed by atoms with E-state index in [1.807, 2.05) is 30.5 Å². The number of aromatic amines is 1. The van der Waals surface area contributed by atoms with Gasteiger partial charge in [-0.3, -0.25) is 0 Å². The second-order valence-corrected chi connectivity index (χ2v) is 3.75. The van der Waals surface area contributed by atoms with Crippen molar-refractivity contribution < 1.29 is 9.26 Å². The number of hydrogen-bond donors (Lipinski definition) is 1. The van der Waals surface area contributed by atoms with E-state index in [1.54, 1.807) is 6.92 Å². The Balaban J connectivity index is 1.76. The van der Waals surface area contributed by atoms with Gasteiger partial charge in [0.1, 0.15) is 5.75 Å². The van der Waals surface area contributed by atoms with Gasteiger partial charge in [-0.25, -0.2) is 0 Å². The van der Waals surface area contributed by atoms with Crippen LogP contribution in [0.15, 0.2) is 35.0 Å². The molecule has 1 aromatic carbocycles. The standard InChI is InChI=1S/C12H11N3O2/c1-8-14-12(17-15-8)7-16-10-2-3-11-9(6-10)4-5-13-11/h2-6,13H,7H2,1H3. The molecule has 86 valence electrons. The van der Waals surface area contributed by atoms with Crippen molar-refractivity contribution in [2.24, 2.45) is 0 Å². The van der Waals surface area contributed by atoms with Gasteiger partial charge in [0.05, 0.1) is 0 Å². The van der Waals surface area contributed by atoms with Gasteiger partial charge in [0, 0.05) is 17.1 Å². The maximum atomic E-state index is 5.57. The third kappa shape index (κ3) is 1.99. The van der Waals surface area contributed by atoms with E-state index in [-0.39, 0.29) is 6.61 Å². The predicted molar refractivity (Wildman–Crippen MR) is 61.7 cm³/mol. The molecule has 0 unspecified atom stereocenters. The number of ether oxygens (including phenoxy) is 1. The van der Waals surface area contributed by atoms with Crippen LogP contribution in [0.1, 0.15) is 11.7 Å². The molecule has 0 fully saturated rings. The molecule has 0 aliphatic rings. The average molecular weight is 229 g/mol. The molecular weight excluding hydrogens is 218 g/mol. The van der Waals surface area contributed by atoms with Crippen LogP contribution in [-0.2, 0) is 6.61 Å². The Labute approximate surface area is 97.4 Å². The molecule has 5 heteroatoms. The normalized spacial score (nSPS) is 10.9. The fraction of sp³-hybridized carbons (Fsp3) is 0.167. The lowest BCUT2D eigenvalue weighted by Crippen LogP contribution is -1.95. The summed E-state index contributed by atoms with van der Waals surface area (Å²) < 4.78 is 10.5. The Kier molecular flexibility index (Phi) is 2.29. The summed E-state index contributed by atoms with van der Waals surface area (Å²) in [7, 11) is 0. The van der Waals surface area contributed by atoms with Crippen molar-refractivity contribution in [3.63, 3.8) is 0 Å². The lowest BCUT2D eigenvalue weighted by atomic mass is 10.2. The van der Waals surface area contributed by atoms with E-state index in [4.69, 9.17) is 9.26 Å². The minimum atomic E-state index is 0.288. The van der Waals surface area contributed by atoms with Crippen LogP contribution in [0.2, 0.25) is 0 Å². The second kappa shape index (κ2) is 3.93. The summed E-state index contributed by atoms with van der Waals surface area (Å²) in [6.45, 7) is 2.07. The Morgan fingerprint density at radius 1 is 1.35 bits per heavy atom. The molecule has 0 saturated carbocycles. The summed E-state index contributed by atoms with van der Waals surface area (Å²) in [6, 6.07) is 7.85. The van der Waals surface area contributed by atoms with Crippen LogP contribution >= 0.6 is 0 Å². The van der Waals surface area contributed by atoms with Crippen molar-refractivity contribution in [1.82, 2.24) is 15.1 Å². The number of benzene rings is 1. The quantitative estimate of drug-likeness (QED) is 0.749. The average Bonchev–Trinajstić information content (AvgIpc) is 2.94. The van der Waals surface area contributed by atoms with Gasteiger partial charge >= 0.3 is 0 Å². The van der Waals surface area contributed by atoms with Crippen molar-refractivity contribution in [2.45, 2.75) is 13.5 Å². The molecule has 0 amide bonds. The van der Waals surface area contributed by atoms with Crippen LogP contribution in [-0.4, -0.2) is 15.1 Å². The van der Waals surface area contributed by atoms with Crippen molar-refractivity contribution in [1.29, 1.82) is 0 Å². The molecule has 0 saturated heterocycles. The minimum absolute atomic E-state index is 0.288. The number of aromatic nitrogens is 3. The van der Waals surface area contributed by atoms with Crippen LogP contribution < -0.4 is 4.74 Å². The molecule has 0 spiro atoms. The Hall–Kier alpha value is -2.30. The molecule has 0 atom stereocenters. The van der Waals surface area contributed by atoms with E-state index in [0.717, 1.165) is 16.7 Å². The maximum absolute atomic E-state index is 5.57. The summed E-state index contributed by atoms with van der Waals surface area (Å²) in [6.07, 6.45) is 1.90. The molecule has 0 aliphatic carbocycles. The highest BCUT2D eigenvalue weighted by Gasteiger charge is 2.04. The van der Waals surface area contributed by atoms with Gasteiger partial charge in [-0.1, -0.05) is 5.16 Å². The van der Waals surface area contributed by atoms with Crippen molar-refractivity contribution >= 4 is 10.9 Å². The monoisotopic (exact) mass is 229 g/mol. The van der Waals surface area contributed by atoms with Gasteiger partial charge in [-0.2, -0.15) is 4.98 Å². The van der Waals surface area contributed by atoms with Crippen molar-refractivity contribution in [3.8, 4) is 5.75 Å². The van der Waals surface area contributed by atoms with Gasteiger partial charge in [0.25, 0.3) is 5.89 Å². The Morgan fingerprint density at radius 2 is 2.29 bits per heavy atom. The third-order valence-corrected chi connectivity index (χ3v) is 2.46. The number of rotatable bonds is 3.